The minimum absolute atomic E-state index is 0.300. The summed E-state index contributed by atoms with van der Waals surface area (Å²) in [6.07, 6.45) is 8.90. The van der Waals surface area contributed by atoms with Gasteiger partial charge in [0.1, 0.15) is 5.75 Å². The number of benzene rings is 2. The fourth-order valence-electron chi connectivity index (χ4n) is 4.13. The summed E-state index contributed by atoms with van der Waals surface area (Å²) in [6.45, 7) is 6.13. The molecule has 0 unspecified atom stereocenters. The van der Waals surface area contributed by atoms with Crippen molar-refractivity contribution in [2.75, 3.05) is 23.3 Å². The van der Waals surface area contributed by atoms with E-state index in [1.54, 1.807) is 12.1 Å². The van der Waals surface area contributed by atoms with Crippen LogP contribution in [0, 0.1) is 0 Å². The molecule has 2 aromatic rings. The molecule has 31 heavy (non-hydrogen) atoms. The molecule has 1 aliphatic rings. The first-order chi connectivity index (χ1) is 15.1. The van der Waals surface area contributed by atoms with Gasteiger partial charge in [-0.15, -0.1) is 0 Å². The van der Waals surface area contributed by atoms with Crippen molar-refractivity contribution in [3.05, 3.63) is 48.0 Å². The molecule has 0 saturated heterocycles. The van der Waals surface area contributed by atoms with Crippen LogP contribution in [0.25, 0.3) is 0 Å². The number of hydrogen-bond acceptors (Lipinski definition) is 4. The van der Waals surface area contributed by atoms with Crippen molar-refractivity contribution < 1.29 is 14.6 Å². The van der Waals surface area contributed by atoms with E-state index >= 15 is 0 Å². The smallest absolute Gasteiger partial charge is 0.335 e. The van der Waals surface area contributed by atoms with Crippen LogP contribution in [0.4, 0.5) is 11.4 Å². The first kappa shape index (κ1) is 23.0. The largest absolute Gasteiger partial charge is 0.478 e. The molecule has 0 heterocycles. The van der Waals surface area contributed by atoms with Crippen LogP contribution >= 0.6 is 0 Å². The molecule has 0 aliphatic heterocycles. The average Bonchev–Trinajstić information content (AvgIpc) is 3.29. The highest BCUT2D eigenvalue weighted by Gasteiger charge is 2.23. The van der Waals surface area contributed by atoms with Crippen LogP contribution in [0.2, 0.25) is 0 Å². The Labute approximate surface area is 186 Å². The number of unbranched alkanes of at least 4 members (excludes halogenated alkanes) is 2. The summed E-state index contributed by atoms with van der Waals surface area (Å²) >= 11 is 0. The van der Waals surface area contributed by atoms with E-state index in [1.807, 2.05) is 30.3 Å². The molecule has 2 aromatic carbocycles. The van der Waals surface area contributed by atoms with Gasteiger partial charge in [-0.3, -0.25) is 0 Å². The number of nitrogens with zero attached hydrogens (tertiary/aromatic N) is 1. The second-order valence-corrected chi connectivity index (χ2v) is 8.41. The molecular weight excluding hydrogens is 388 g/mol. The van der Waals surface area contributed by atoms with Crippen LogP contribution in [0.5, 0.6) is 11.5 Å². The van der Waals surface area contributed by atoms with Gasteiger partial charge >= 0.3 is 5.97 Å². The lowest BCUT2D eigenvalue weighted by Gasteiger charge is -2.29. The molecule has 0 radical (unpaired) electrons. The molecule has 0 bridgehead atoms. The van der Waals surface area contributed by atoms with Crippen molar-refractivity contribution in [2.45, 2.75) is 71.3 Å². The standard InChI is InChI=1S/C26H36N2O3/c1-3-5-16-28(17-6-4-2)24-19-20(26(29)30)18-23(27-21-12-10-11-13-21)25(24)31-22-14-8-7-9-15-22/h7-9,14-15,18-19,21,27H,3-6,10-13,16-17H2,1-2H3,(H,29,30). The number of ether oxygens (including phenoxy) is 1. The molecule has 168 valence electrons. The van der Waals surface area contributed by atoms with Gasteiger partial charge in [0.2, 0.25) is 0 Å². The molecule has 1 fully saturated rings. The van der Waals surface area contributed by atoms with Crippen LogP contribution in [0.3, 0.4) is 0 Å². The molecule has 1 aliphatic carbocycles. The monoisotopic (exact) mass is 424 g/mol. The number of aromatic carboxylic acids is 1. The zero-order valence-corrected chi connectivity index (χ0v) is 18.9. The first-order valence-electron chi connectivity index (χ1n) is 11.8. The van der Waals surface area contributed by atoms with Crippen LogP contribution in [-0.2, 0) is 0 Å². The second kappa shape index (κ2) is 11.6. The highest BCUT2D eigenvalue weighted by molar-refractivity contribution is 5.93. The lowest BCUT2D eigenvalue weighted by molar-refractivity contribution is 0.0697. The third-order valence-electron chi connectivity index (χ3n) is 5.90. The Kier molecular flexibility index (Phi) is 8.63. The lowest BCUT2D eigenvalue weighted by atomic mass is 10.1. The average molecular weight is 425 g/mol. The van der Waals surface area contributed by atoms with Crippen LogP contribution in [-0.4, -0.2) is 30.2 Å². The fraction of sp³-hybridized carbons (Fsp3) is 0.500. The van der Waals surface area contributed by atoms with Gasteiger partial charge in [-0.2, -0.15) is 0 Å². The van der Waals surface area contributed by atoms with E-state index in [2.05, 4.69) is 24.1 Å². The van der Waals surface area contributed by atoms with Crippen LogP contribution in [0.1, 0.15) is 75.6 Å². The van der Waals surface area contributed by atoms with Gasteiger partial charge in [-0.05, 0) is 49.9 Å². The number of nitrogens with one attached hydrogen (secondary N) is 1. The van der Waals surface area contributed by atoms with Crippen molar-refractivity contribution in [1.29, 1.82) is 0 Å². The van der Waals surface area contributed by atoms with E-state index in [-0.39, 0.29) is 0 Å². The molecule has 5 nitrogen and oxygen atoms in total. The minimum atomic E-state index is -0.909. The summed E-state index contributed by atoms with van der Waals surface area (Å²) in [5, 5.41) is 13.4. The molecule has 0 aromatic heterocycles. The number of carboxylic acids is 1. The molecule has 0 atom stereocenters. The maximum atomic E-state index is 12.0. The van der Waals surface area contributed by atoms with E-state index in [9.17, 15) is 9.90 Å². The minimum Gasteiger partial charge on any atom is -0.478 e. The zero-order chi connectivity index (χ0) is 22.1. The van der Waals surface area contributed by atoms with E-state index in [1.165, 1.54) is 12.8 Å². The molecule has 0 amide bonds. The summed E-state index contributed by atoms with van der Waals surface area (Å²) in [5.41, 5.74) is 1.95. The molecular formula is C26H36N2O3. The highest BCUT2D eigenvalue weighted by atomic mass is 16.5. The Balaban J connectivity index is 2.08. The Morgan fingerprint density at radius 1 is 1.06 bits per heavy atom. The maximum Gasteiger partial charge on any atom is 0.335 e. The van der Waals surface area contributed by atoms with Gasteiger partial charge in [0.25, 0.3) is 0 Å². The summed E-state index contributed by atoms with van der Waals surface area (Å²) in [5.74, 6) is 0.579. The quantitative estimate of drug-likeness (QED) is 0.386. The molecule has 0 spiro atoms. The molecule has 2 N–H and O–H groups in total. The normalized spacial score (nSPS) is 13.9. The van der Waals surface area contributed by atoms with Gasteiger partial charge in [0.05, 0.1) is 16.9 Å². The SMILES string of the molecule is CCCCN(CCCC)c1cc(C(=O)O)cc(NC2CCCC2)c1Oc1ccccc1. The van der Waals surface area contributed by atoms with Crippen molar-refractivity contribution >= 4 is 17.3 Å². The Bertz CT molecular complexity index is 824. The first-order valence-corrected chi connectivity index (χ1v) is 11.8. The van der Waals surface area contributed by atoms with E-state index in [0.717, 1.165) is 74.5 Å². The molecule has 1 saturated carbocycles. The van der Waals surface area contributed by atoms with Crippen molar-refractivity contribution in [3.8, 4) is 11.5 Å². The number of hydrogen-bond donors (Lipinski definition) is 2. The summed E-state index contributed by atoms with van der Waals surface area (Å²) in [4.78, 5) is 14.3. The number of para-hydroxylation sites is 1. The zero-order valence-electron chi connectivity index (χ0n) is 18.9. The summed E-state index contributed by atoms with van der Waals surface area (Å²) in [6, 6.07) is 13.6. The van der Waals surface area contributed by atoms with Crippen molar-refractivity contribution in [3.63, 3.8) is 0 Å². The van der Waals surface area contributed by atoms with Crippen molar-refractivity contribution in [1.82, 2.24) is 0 Å². The van der Waals surface area contributed by atoms with E-state index < -0.39 is 5.97 Å². The van der Waals surface area contributed by atoms with Gasteiger partial charge in [0, 0.05) is 19.1 Å². The number of anilines is 2. The Morgan fingerprint density at radius 3 is 2.29 bits per heavy atom. The predicted octanol–water partition coefficient (Wildman–Crippen LogP) is 6.94. The van der Waals surface area contributed by atoms with Gasteiger partial charge in [0.15, 0.2) is 5.75 Å². The van der Waals surface area contributed by atoms with Crippen LogP contribution < -0.4 is 15.0 Å². The van der Waals surface area contributed by atoms with Crippen molar-refractivity contribution in [2.24, 2.45) is 0 Å². The Hall–Kier alpha value is -2.69. The molecule has 3 rings (SSSR count). The van der Waals surface area contributed by atoms with Gasteiger partial charge in [-0.1, -0.05) is 57.7 Å². The number of carboxylic acid groups (broad SMARTS) is 1. The maximum absolute atomic E-state index is 12.0. The highest BCUT2D eigenvalue weighted by Crippen LogP contribution is 2.42. The second-order valence-electron chi connectivity index (χ2n) is 8.41. The van der Waals surface area contributed by atoms with Gasteiger partial charge < -0.3 is 20.1 Å². The third-order valence-corrected chi connectivity index (χ3v) is 5.90. The van der Waals surface area contributed by atoms with Gasteiger partial charge in [-0.25, -0.2) is 4.79 Å². The third kappa shape index (κ3) is 6.39. The number of carbonyl (C=O) groups is 1. The van der Waals surface area contributed by atoms with E-state index in [4.69, 9.17) is 4.74 Å². The summed E-state index contributed by atoms with van der Waals surface area (Å²) in [7, 11) is 0. The topological polar surface area (TPSA) is 61.8 Å². The van der Waals surface area contributed by atoms with E-state index in [0.29, 0.717) is 11.6 Å². The molecule has 5 heteroatoms. The van der Waals surface area contributed by atoms with Crippen LogP contribution in [0.15, 0.2) is 42.5 Å². The summed E-state index contributed by atoms with van der Waals surface area (Å²) < 4.78 is 6.43. The fourth-order valence-corrected chi connectivity index (χ4v) is 4.13. The predicted molar refractivity (Wildman–Crippen MR) is 128 cm³/mol. The lowest BCUT2D eigenvalue weighted by Crippen LogP contribution is -2.27. The Morgan fingerprint density at radius 2 is 1.71 bits per heavy atom. The number of rotatable bonds is 12.